The number of nitrogens with one attached hydrogen (secondary N) is 1. The summed E-state index contributed by atoms with van der Waals surface area (Å²) >= 11 is 0. The molecule has 0 spiro atoms. The molecule has 1 aliphatic rings. The van der Waals surface area contributed by atoms with E-state index >= 15 is 0 Å². The molecule has 0 atom stereocenters. The summed E-state index contributed by atoms with van der Waals surface area (Å²) in [6.07, 6.45) is -3.87. The van der Waals surface area contributed by atoms with Gasteiger partial charge >= 0.3 is 18.0 Å². The summed E-state index contributed by atoms with van der Waals surface area (Å²) in [4.78, 5) is 25.8. The van der Waals surface area contributed by atoms with E-state index in [0.29, 0.717) is 19.5 Å². The summed E-state index contributed by atoms with van der Waals surface area (Å²) in [6.45, 7) is 0.705. The van der Waals surface area contributed by atoms with Gasteiger partial charge in [0, 0.05) is 18.8 Å². The molecule has 0 saturated heterocycles. The number of amides is 2. The summed E-state index contributed by atoms with van der Waals surface area (Å²) in [5.74, 6) is -1.70. The molecule has 0 saturated carbocycles. The normalized spacial score (nSPS) is 14.0. The van der Waals surface area contributed by atoms with Gasteiger partial charge in [-0.2, -0.15) is 13.2 Å². The van der Waals surface area contributed by atoms with E-state index in [4.69, 9.17) is 0 Å². The summed E-state index contributed by atoms with van der Waals surface area (Å²) in [6, 6.07) is 11.8. The quantitative estimate of drug-likeness (QED) is 0.805. The molecule has 3 rings (SSSR count). The van der Waals surface area contributed by atoms with Gasteiger partial charge in [-0.05, 0) is 35.7 Å². The first kappa shape index (κ1) is 17.0. The lowest BCUT2D eigenvalue weighted by atomic mass is 10.00. The highest BCUT2D eigenvalue weighted by atomic mass is 19.4. The maximum atomic E-state index is 12.7. The number of hydrogen-bond acceptors (Lipinski definition) is 2. The second-order valence-corrected chi connectivity index (χ2v) is 5.78. The monoisotopic (exact) mass is 348 g/mol. The maximum absolute atomic E-state index is 12.7. The third-order valence-corrected chi connectivity index (χ3v) is 4.06. The molecule has 2 aromatic carbocycles. The van der Waals surface area contributed by atoms with E-state index in [0.717, 1.165) is 23.3 Å². The summed E-state index contributed by atoms with van der Waals surface area (Å²) in [7, 11) is 0. The number of rotatable bonds is 1. The Bertz CT molecular complexity index is 818. The minimum Gasteiger partial charge on any atom is -0.330 e. The van der Waals surface area contributed by atoms with Crippen LogP contribution < -0.4 is 5.32 Å². The number of carbonyl (C=O) groups is 2. The van der Waals surface area contributed by atoms with Gasteiger partial charge in [0.25, 0.3) is 0 Å². The average Bonchev–Trinajstić information content (AvgIpc) is 2.60. The number of fused-ring (bicyclic) bond motifs is 1. The van der Waals surface area contributed by atoms with E-state index in [1.165, 1.54) is 17.0 Å². The molecule has 0 radical (unpaired) electrons. The van der Waals surface area contributed by atoms with E-state index in [2.05, 4.69) is 5.32 Å². The lowest BCUT2D eigenvalue weighted by Gasteiger charge is -2.28. The zero-order valence-electron chi connectivity index (χ0n) is 13.1. The van der Waals surface area contributed by atoms with Crippen LogP contribution >= 0.6 is 0 Å². The molecule has 2 amide bonds. The Kier molecular flexibility index (Phi) is 4.48. The van der Waals surface area contributed by atoms with Crippen molar-refractivity contribution in [2.75, 3.05) is 11.9 Å². The Morgan fingerprint density at radius 1 is 1.00 bits per heavy atom. The molecule has 0 fully saturated rings. The smallest absolute Gasteiger partial charge is 0.330 e. The van der Waals surface area contributed by atoms with Gasteiger partial charge in [0.15, 0.2) is 0 Å². The molecule has 1 heterocycles. The summed E-state index contributed by atoms with van der Waals surface area (Å²) in [5.41, 5.74) is 1.15. The van der Waals surface area contributed by atoms with Crippen LogP contribution in [0.25, 0.3) is 0 Å². The van der Waals surface area contributed by atoms with Crippen LogP contribution in [-0.2, 0) is 28.7 Å². The molecule has 2 aromatic rings. The van der Waals surface area contributed by atoms with Gasteiger partial charge in [0.1, 0.15) is 0 Å². The minimum absolute atomic E-state index is 0.0643. The van der Waals surface area contributed by atoms with Gasteiger partial charge in [-0.15, -0.1) is 0 Å². The lowest BCUT2D eigenvalue weighted by molar-refractivity contribution is -0.143. The molecular weight excluding hydrogens is 333 g/mol. The van der Waals surface area contributed by atoms with Gasteiger partial charge in [-0.1, -0.05) is 30.3 Å². The molecule has 25 heavy (non-hydrogen) atoms. The van der Waals surface area contributed by atoms with E-state index in [1.54, 1.807) is 0 Å². The number of carbonyl (C=O) groups excluding carboxylic acids is 2. The van der Waals surface area contributed by atoms with Crippen molar-refractivity contribution in [1.29, 1.82) is 0 Å². The first-order chi connectivity index (χ1) is 11.8. The number of alkyl halides is 3. The van der Waals surface area contributed by atoms with Crippen molar-refractivity contribution in [3.8, 4) is 0 Å². The first-order valence-electron chi connectivity index (χ1n) is 7.69. The highest BCUT2D eigenvalue weighted by Crippen LogP contribution is 2.30. The predicted molar refractivity (Wildman–Crippen MR) is 85.6 cm³/mol. The molecule has 0 bridgehead atoms. The minimum atomic E-state index is -4.51. The van der Waals surface area contributed by atoms with E-state index in [1.807, 2.05) is 24.3 Å². The molecule has 1 N–H and O–H groups in total. The Hall–Kier alpha value is -2.83. The van der Waals surface area contributed by atoms with Crippen molar-refractivity contribution in [3.63, 3.8) is 0 Å². The summed E-state index contributed by atoms with van der Waals surface area (Å²) in [5, 5.41) is 2.25. The van der Waals surface area contributed by atoms with Crippen LogP contribution in [0.3, 0.4) is 0 Å². The fourth-order valence-electron chi connectivity index (χ4n) is 2.77. The third-order valence-electron chi connectivity index (χ3n) is 4.06. The van der Waals surface area contributed by atoms with Crippen molar-refractivity contribution in [2.45, 2.75) is 19.1 Å². The Labute approximate surface area is 142 Å². The molecule has 4 nitrogen and oxygen atoms in total. The van der Waals surface area contributed by atoms with Crippen molar-refractivity contribution >= 4 is 17.5 Å². The Morgan fingerprint density at radius 3 is 2.44 bits per heavy atom. The van der Waals surface area contributed by atoms with Crippen molar-refractivity contribution in [1.82, 2.24) is 4.90 Å². The topological polar surface area (TPSA) is 49.4 Å². The molecule has 1 aliphatic heterocycles. The Balaban J connectivity index is 1.69. The third kappa shape index (κ3) is 3.81. The van der Waals surface area contributed by atoms with Crippen LogP contribution in [-0.4, -0.2) is 23.3 Å². The highest BCUT2D eigenvalue weighted by Gasteiger charge is 2.31. The molecule has 7 heteroatoms. The van der Waals surface area contributed by atoms with E-state index in [9.17, 15) is 22.8 Å². The van der Waals surface area contributed by atoms with Crippen molar-refractivity contribution in [3.05, 3.63) is 65.2 Å². The second-order valence-electron chi connectivity index (χ2n) is 5.78. The van der Waals surface area contributed by atoms with Gasteiger partial charge in [-0.3, -0.25) is 9.59 Å². The fraction of sp³-hybridized carbons (Fsp3) is 0.222. The van der Waals surface area contributed by atoms with Gasteiger partial charge < -0.3 is 10.2 Å². The number of nitrogens with zero attached hydrogens (tertiary/aromatic N) is 1. The molecular formula is C18H15F3N2O2. The molecule has 0 aromatic heterocycles. The highest BCUT2D eigenvalue weighted by molar-refractivity contribution is 6.39. The zero-order valence-corrected chi connectivity index (χ0v) is 13.1. The van der Waals surface area contributed by atoms with E-state index in [-0.39, 0.29) is 5.69 Å². The second kappa shape index (κ2) is 6.58. The van der Waals surface area contributed by atoms with Gasteiger partial charge in [-0.25, -0.2) is 0 Å². The van der Waals surface area contributed by atoms with Gasteiger partial charge in [0.2, 0.25) is 0 Å². The predicted octanol–water partition coefficient (Wildman–Crippen LogP) is 3.23. The van der Waals surface area contributed by atoms with Crippen molar-refractivity contribution in [2.24, 2.45) is 0 Å². The van der Waals surface area contributed by atoms with Crippen molar-refractivity contribution < 1.29 is 22.8 Å². The standard InChI is InChI=1S/C18H15F3N2O2/c19-18(20,21)14-6-3-7-15(10-14)22-16(24)17(25)23-9-8-12-4-1-2-5-13(12)11-23/h1-7,10H,8-9,11H2,(H,22,24). The number of hydrogen-bond donors (Lipinski definition) is 1. The van der Waals surface area contributed by atoms with Crippen LogP contribution in [0, 0.1) is 0 Å². The zero-order chi connectivity index (χ0) is 18.0. The van der Waals surface area contributed by atoms with Crippen LogP contribution in [0.2, 0.25) is 0 Å². The fourth-order valence-corrected chi connectivity index (χ4v) is 2.77. The van der Waals surface area contributed by atoms with Crippen LogP contribution in [0.5, 0.6) is 0 Å². The Morgan fingerprint density at radius 2 is 1.72 bits per heavy atom. The number of anilines is 1. The van der Waals surface area contributed by atoms with Crippen LogP contribution in [0.1, 0.15) is 16.7 Å². The molecule has 0 unspecified atom stereocenters. The maximum Gasteiger partial charge on any atom is 0.416 e. The van der Waals surface area contributed by atoms with E-state index < -0.39 is 23.6 Å². The largest absolute Gasteiger partial charge is 0.416 e. The average molecular weight is 348 g/mol. The van der Waals surface area contributed by atoms with Crippen LogP contribution in [0.15, 0.2) is 48.5 Å². The first-order valence-corrected chi connectivity index (χ1v) is 7.69. The molecule has 130 valence electrons. The number of halogens is 3. The summed E-state index contributed by atoms with van der Waals surface area (Å²) < 4.78 is 38.1. The lowest BCUT2D eigenvalue weighted by Crippen LogP contribution is -2.42. The molecule has 0 aliphatic carbocycles. The van der Waals surface area contributed by atoms with Crippen LogP contribution in [0.4, 0.5) is 18.9 Å². The SMILES string of the molecule is O=C(Nc1cccc(C(F)(F)F)c1)C(=O)N1CCc2ccccc2C1. The van der Waals surface area contributed by atoms with Gasteiger partial charge in [0.05, 0.1) is 5.56 Å². The number of benzene rings is 2.